The number of carbonyl (C=O) groups excluding carboxylic acids is 1. The molecule has 1 aromatic carbocycles. The van der Waals surface area contributed by atoms with Gasteiger partial charge in [-0.25, -0.2) is 8.78 Å². The molecule has 0 unspecified atom stereocenters. The van der Waals surface area contributed by atoms with Crippen molar-refractivity contribution in [1.29, 1.82) is 0 Å². The molecule has 0 radical (unpaired) electrons. The van der Waals surface area contributed by atoms with Gasteiger partial charge in [0.05, 0.1) is 32.0 Å². The minimum atomic E-state index is -2.66. The van der Waals surface area contributed by atoms with Gasteiger partial charge in [-0.2, -0.15) is 9.97 Å². The van der Waals surface area contributed by atoms with Crippen LogP contribution in [0.25, 0.3) is 10.9 Å². The smallest absolute Gasteiger partial charge is 0.318 e. The highest BCUT2D eigenvalue weighted by molar-refractivity contribution is 6.12. The minimum absolute atomic E-state index is 0.00972. The summed E-state index contributed by atoms with van der Waals surface area (Å²) in [5.74, 6) is -1.83. The Bertz CT molecular complexity index is 1610. The molecular formula is C33H45F2N7O3Si. The van der Waals surface area contributed by atoms with Crippen LogP contribution in [0.4, 0.5) is 20.3 Å². The lowest BCUT2D eigenvalue weighted by atomic mass is 9.99. The van der Waals surface area contributed by atoms with Gasteiger partial charge >= 0.3 is 6.01 Å². The molecule has 0 spiro atoms. The normalized spacial score (nSPS) is 21.0. The number of fused-ring (bicyclic) bond motifs is 2. The van der Waals surface area contributed by atoms with Crippen LogP contribution in [0.3, 0.4) is 0 Å². The first-order valence-corrected chi connectivity index (χ1v) is 17.3. The van der Waals surface area contributed by atoms with Crippen molar-refractivity contribution in [3.63, 3.8) is 0 Å². The summed E-state index contributed by atoms with van der Waals surface area (Å²) in [6, 6.07) is 4.40. The highest BCUT2D eigenvalue weighted by Gasteiger charge is 2.45. The molecule has 2 aromatic heterocycles. The number of nitrogens with zero attached hydrogens (tertiary/aromatic N) is 6. The highest BCUT2D eigenvalue weighted by Crippen LogP contribution is 2.38. The summed E-state index contributed by atoms with van der Waals surface area (Å²) >= 11 is 0. The summed E-state index contributed by atoms with van der Waals surface area (Å²) in [5.41, 5.74) is 6.84. The molecular weight excluding hydrogens is 608 g/mol. The first-order chi connectivity index (χ1) is 22.0. The zero-order chi connectivity index (χ0) is 32.6. The number of alkyl halides is 2. The summed E-state index contributed by atoms with van der Waals surface area (Å²) < 4.78 is 39.6. The number of aryl methyl sites for hydroxylation is 1. The van der Waals surface area contributed by atoms with E-state index in [1.165, 1.54) is 22.2 Å². The molecule has 2 fully saturated rings. The Morgan fingerprint density at radius 2 is 1.98 bits per heavy atom. The van der Waals surface area contributed by atoms with Crippen LogP contribution in [0, 0.1) is 13.8 Å². The predicted molar refractivity (Wildman–Crippen MR) is 180 cm³/mol. The van der Waals surface area contributed by atoms with Crippen LogP contribution in [-0.4, -0.2) is 120 Å². The van der Waals surface area contributed by atoms with E-state index in [2.05, 4.69) is 40.8 Å². The number of likely N-dealkylation sites (tertiary alicyclic amines) is 1. The molecule has 6 rings (SSSR count). The SMILES string of the molecule is COC/C=C/C(=O)N1CCN(c2nc(OC[C@H]([SiH3])[C@@H]3CC(F)(F)CN3C)nc3c2CCN(c2c(C)c(C)cc4[nH]ccc24)C3)CC1. The number of methoxy groups -OCH3 is 1. The second kappa shape index (κ2) is 13.3. The van der Waals surface area contributed by atoms with Gasteiger partial charge in [0.2, 0.25) is 5.91 Å². The number of aromatic nitrogens is 3. The molecule has 10 nitrogen and oxygen atoms in total. The Hall–Kier alpha value is -3.55. The first-order valence-electron chi connectivity index (χ1n) is 16.2. The third-order valence-electron chi connectivity index (χ3n) is 9.78. The molecule has 3 aliphatic rings. The Morgan fingerprint density at radius 1 is 1.20 bits per heavy atom. The molecule has 2 atom stereocenters. The Morgan fingerprint density at radius 3 is 2.70 bits per heavy atom. The summed E-state index contributed by atoms with van der Waals surface area (Å²) in [6.07, 6.45) is 5.92. The molecule has 0 aliphatic carbocycles. The maximum Gasteiger partial charge on any atom is 0.318 e. The molecule has 0 saturated carbocycles. The number of halogens is 2. The number of hydrogen-bond acceptors (Lipinski definition) is 8. The number of hydrogen-bond donors (Lipinski definition) is 1. The van der Waals surface area contributed by atoms with Crippen molar-refractivity contribution in [2.75, 3.05) is 76.4 Å². The predicted octanol–water partition coefficient (Wildman–Crippen LogP) is 2.86. The van der Waals surface area contributed by atoms with Crippen molar-refractivity contribution in [2.45, 2.75) is 50.7 Å². The van der Waals surface area contributed by atoms with E-state index in [1.54, 1.807) is 31.2 Å². The standard InChI is InChI=1S/C33H45F2N7O3Si/c1-21-16-25-23(7-9-36-25)30(22(21)2)42-10-8-24-26(18-42)37-32(45-19-28(46)27-17-33(34,35)20-39(27)3)38-31(24)41-13-11-40(12-14-41)29(43)6-5-15-44-4/h5-7,9,16,27-28,36H,8,10-15,17-20H2,1-4,46H3/b6-5+/t27-,28-/m0/s1. The number of rotatable bonds is 9. The van der Waals surface area contributed by atoms with Crippen molar-refractivity contribution >= 4 is 38.6 Å². The van der Waals surface area contributed by atoms with Crippen molar-refractivity contribution in [3.05, 3.63) is 52.9 Å². The van der Waals surface area contributed by atoms with Crippen LogP contribution in [-0.2, 0) is 22.5 Å². The maximum atomic E-state index is 14.1. The Labute approximate surface area is 272 Å². The van der Waals surface area contributed by atoms with Gasteiger partial charge in [0.15, 0.2) is 0 Å². The van der Waals surface area contributed by atoms with Gasteiger partial charge in [0, 0.05) is 97.0 Å². The quantitative estimate of drug-likeness (QED) is 0.279. The van der Waals surface area contributed by atoms with E-state index in [1.807, 2.05) is 11.1 Å². The number of amides is 1. The zero-order valence-electron chi connectivity index (χ0n) is 27.5. The van der Waals surface area contributed by atoms with Crippen LogP contribution >= 0.6 is 0 Å². The summed E-state index contributed by atoms with van der Waals surface area (Å²) in [7, 11) is 4.09. The summed E-state index contributed by atoms with van der Waals surface area (Å²) in [4.78, 5) is 34.2. The van der Waals surface area contributed by atoms with E-state index in [9.17, 15) is 13.6 Å². The third kappa shape index (κ3) is 6.63. The summed E-state index contributed by atoms with van der Waals surface area (Å²) in [6.45, 7) is 8.67. The van der Waals surface area contributed by atoms with E-state index in [4.69, 9.17) is 19.4 Å². The highest BCUT2D eigenvalue weighted by atomic mass is 28.1. The Kier molecular flexibility index (Phi) is 9.35. The average molecular weight is 654 g/mol. The third-order valence-corrected chi connectivity index (χ3v) is 10.9. The molecule has 248 valence electrons. The maximum absolute atomic E-state index is 14.1. The van der Waals surface area contributed by atoms with Gasteiger partial charge in [-0.3, -0.25) is 9.69 Å². The fourth-order valence-corrected chi connectivity index (χ4v) is 8.10. The van der Waals surface area contributed by atoms with Gasteiger partial charge in [-0.05, 0) is 56.1 Å². The van der Waals surface area contributed by atoms with E-state index < -0.39 is 5.92 Å². The molecule has 46 heavy (non-hydrogen) atoms. The number of aromatic amines is 1. The van der Waals surface area contributed by atoms with Gasteiger partial charge in [0.25, 0.3) is 5.92 Å². The zero-order valence-corrected chi connectivity index (χ0v) is 29.5. The average Bonchev–Trinajstić information content (AvgIpc) is 3.61. The van der Waals surface area contributed by atoms with Crippen LogP contribution < -0.4 is 14.5 Å². The molecule has 3 aliphatic heterocycles. The lowest BCUT2D eigenvalue weighted by Gasteiger charge is -2.38. The lowest BCUT2D eigenvalue weighted by Crippen LogP contribution is -2.49. The fraction of sp³-hybridized carbons (Fsp3) is 0.545. The number of carbonyl (C=O) groups is 1. The van der Waals surface area contributed by atoms with Crippen molar-refractivity contribution in [1.82, 2.24) is 24.8 Å². The number of benzene rings is 1. The molecule has 1 amide bonds. The number of nitrogens with one attached hydrogen (secondary N) is 1. The van der Waals surface area contributed by atoms with Crippen LogP contribution in [0.5, 0.6) is 6.01 Å². The molecule has 0 bridgehead atoms. The second-order valence-corrected chi connectivity index (χ2v) is 14.5. The van der Waals surface area contributed by atoms with Crippen molar-refractivity contribution in [3.8, 4) is 6.01 Å². The molecule has 13 heteroatoms. The van der Waals surface area contributed by atoms with Gasteiger partial charge in [0.1, 0.15) is 5.82 Å². The van der Waals surface area contributed by atoms with E-state index in [0.717, 1.165) is 35.6 Å². The van der Waals surface area contributed by atoms with Crippen LogP contribution in [0.2, 0.25) is 5.54 Å². The minimum Gasteiger partial charge on any atom is -0.463 e. The molecule has 3 aromatic rings. The Balaban J connectivity index is 1.26. The van der Waals surface area contributed by atoms with Crippen LogP contribution in [0.1, 0.15) is 28.8 Å². The molecule has 5 heterocycles. The summed E-state index contributed by atoms with van der Waals surface area (Å²) in [5, 5.41) is 1.19. The van der Waals surface area contributed by atoms with Gasteiger partial charge < -0.3 is 29.2 Å². The van der Waals surface area contributed by atoms with E-state index >= 15 is 0 Å². The van der Waals surface area contributed by atoms with Gasteiger partial charge in [-0.15, -0.1) is 0 Å². The van der Waals surface area contributed by atoms with E-state index in [0.29, 0.717) is 56.2 Å². The lowest BCUT2D eigenvalue weighted by molar-refractivity contribution is -0.126. The fourth-order valence-electron chi connectivity index (χ4n) is 7.19. The van der Waals surface area contributed by atoms with E-state index in [-0.39, 0.29) is 36.5 Å². The molecule has 1 N–H and O–H groups in total. The molecule has 2 saturated heterocycles. The van der Waals surface area contributed by atoms with Crippen molar-refractivity contribution in [2.24, 2.45) is 0 Å². The first kappa shape index (κ1) is 32.4. The number of H-pyrrole nitrogens is 1. The van der Waals surface area contributed by atoms with Crippen LogP contribution in [0.15, 0.2) is 30.5 Å². The number of piperazine rings is 1. The number of ether oxygens (including phenoxy) is 2. The van der Waals surface area contributed by atoms with Gasteiger partial charge in [-0.1, -0.05) is 6.08 Å². The topological polar surface area (TPSA) is 90.1 Å². The second-order valence-electron chi connectivity index (χ2n) is 13.0. The number of anilines is 2. The monoisotopic (exact) mass is 653 g/mol. The largest absolute Gasteiger partial charge is 0.463 e. The van der Waals surface area contributed by atoms with Crippen molar-refractivity contribution < 1.29 is 23.0 Å².